The highest BCUT2D eigenvalue weighted by Crippen LogP contribution is 2.23. The fourth-order valence-corrected chi connectivity index (χ4v) is 2.94. The van der Waals surface area contributed by atoms with Gasteiger partial charge in [0, 0.05) is 30.4 Å². The van der Waals surface area contributed by atoms with Gasteiger partial charge in [-0.2, -0.15) is 4.98 Å². The van der Waals surface area contributed by atoms with Gasteiger partial charge in [-0.05, 0) is 36.8 Å². The summed E-state index contributed by atoms with van der Waals surface area (Å²) in [5.74, 6) is -0.558. The summed E-state index contributed by atoms with van der Waals surface area (Å²) in [6.07, 6.45) is 3.07. The molecule has 0 bridgehead atoms. The highest BCUT2D eigenvalue weighted by atomic mass is 35.5. The van der Waals surface area contributed by atoms with Gasteiger partial charge in [-0.25, -0.2) is 4.98 Å². The lowest BCUT2D eigenvalue weighted by atomic mass is 10.2. The van der Waals surface area contributed by atoms with E-state index in [2.05, 4.69) is 27.2 Å². The number of halogens is 1. The van der Waals surface area contributed by atoms with Gasteiger partial charge in [0.1, 0.15) is 5.02 Å². The Morgan fingerprint density at radius 2 is 2.21 bits per heavy atom. The van der Waals surface area contributed by atoms with Crippen molar-refractivity contribution < 1.29 is 18.4 Å². The van der Waals surface area contributed by atoms with Gasteiger partial charge < -0.3 is 20.3 Å². The number of carbonyl (C=O) groups excluding carboxylic acids is 2. The van der Waals surface area contributed by atoms with Gasteiger partial charge in [-0.15, -0.1) is 0 Å². The third-order valence-corrected chi connectivity index (χ3v) is 4.46. The van der Waals surface area contributed by atoms with Gasteiger partial charge in [-0.1, -0.05) is 18.2 Å². The van der Waals surface area contributed by atoms with Crippen LogP contribution in [0.25, 0.3) is 0 Å². The van der Waals surface area contributed by atoms with E-state index < -0.39 is 7.04 Å². The topological polar surface area (TPSA) is 96.5 Å². The number of anilines is 2. The number of benzene rings is 1. The highest BCUT2D eigenvalue weighted by molar-refractivity contribution is 6.31. The molecule has 2 amide bonds. The smallest absolute Gasteiger partial charge is 0.253 e. The van der Waals surface area contributed by atoms with E-state index >= 15 is 0 Å². The first-order valence-corrected chi connectivity index (χ1v) is 8.83. The van der Waals surface area contributed by atoms with E-state index in [9.17, 15) is 9.59 Å². The lowest BCUT2D eigenvalue weighted by Gasteiger charge is -2.17. The van der Waals surface area contributed by atoms with Crippen LogP contribution in [0.15, 0.2) is 43.1 Å². The molecular weight excluding hydrogens is 382 g/mol. The van der Waals surface area contributed by atoms with E-state index in [0.29, 0.717) is 30.8 Å². The van der Waals surface area contributed by atoms with Crippen molar-refractivity contribution in [1.82, 2.24) is 14.9 Å². The van der Waals surface area contributed by atoms with Crippen LogP contribution in [0.1, 0.15) is 20.9 Å². The molecule has 9 heteroatoms. The van der Waals surface area contributed by atoms with Crippen molar-refractivity contribution in [3.05, 3.63) is 53.7 Å². The molecule has 2 N–H and O–H groups in total. The number of nitrogens with one attached hydrogen (secondary N) is 2. The first-order chi connectivity index (χ1) is 14.6. The molecule has 0 saturated carbocycles. The zero-order chi connectivity index (χ0) is 22.6. The minimum atomic E-state index is -2.68. The lowest BCUT2D eigenvalue weighted by molar-refractivity contribution is -0.111. The highest BCUT2D eigenvalue weighted by Gasteiger charge is 2.27. The predicted octanol–water partition coefficient (Wildman–Crippen LogP) is 2.59. The molecule has 0 aliphatic carbocycles. The summed E-state index contributed by atoms with van der Waals surface area (Å²) >= 11 is 5.89. The van der Waals surface area contributed by atoms with E-state index in [1.165, 1.54) is 12.3 Å². The van der Waals surface area contributed by atoms with Crippen LogP contribution in [0.5, 0.6) is 5.88 Å². The molecule has 0 radical (unpaired) electrons. The number of hydrogen-bond acceptors (Lipinski definition) is 6. The number of nitrogens with zero attached hydrogens (tertiary/aromatic N) is 3. The van der Waals surface area contributed by atoms with Crippen molar-refractivity contribution in [3.8, 4) is 5.88 Å². The molecule has 1 aromatic carbocycles. The largest absolute Gasteiger partial charge is 0.480 e. The van der Waals surface area contributed by atoms with E-state index in [-0.39, 0.29) is 34.7 Å². The molecule has 1 aliphatic heterocycles. The van der Waals surface area contributed by atoms with Gasteiger partial charge in [-0.3, -0.25) is 9.59 Å². The molecule has 1 unspecified atom stereocenters. The maximum Gasteiger partial charge on any atom is 0.253 e. The second-order valence-electron chi connectivity index (χ2n) is 6.10. The molecule has 0 spiro atoms. The van der Waals surface area contributed by atoms with Gasteiger partial charge in [0.15, 0.2) is 0 Å². The van der Waals surface area contributed by atoms with Crippen molar-refractivity contribution in [2.45, 2.75) is 12.5 Å². The number of rotatable bonds is 6. The molecule has 1 atom stereocenters. The Bertz CT molecular complexity index is 985. The molecular formula is C19H20ClN5O3. The Labute approximate surface area is 171 Å². The van der Waals surface area contributed by atoms with Gasteiger partial charge >= 0.3 is 0 Å². The van der Waals surface area contributed by atoms with Crippen molar-refractivity contribution in [2.24, 2.45) is 0 Å². The Hall–Kier alpha value is -3.13. The summed E-state index contributed by atoms with van der Waals surface area (Å²) in [7, 11) is -2.68. The average Bonchev–Trinajstić information content (AvgIpc) is 3.18. The van der Waals surface area contributed by atoms with Crippen LogP contribution in [-0.2, 0) is 4.79 Å². The fourth-order valence-electron chi connectivity index (χ4n) is 2.81. The third-order valence-electron chi connectivity index (χ3n) is 4.20. The molecule has 1 saturated heterocycles. The van der Waals surface area contributed by atoms with Crippen molar-refractivity contribution in [3.63, 3.8) is 0 Å². The summed E-state index contributed by atoms with van der Waals surface area (Å²) in [5, 5.41) is 5.68. The minimum Gasteiger partial charge on any atom is -0.480 e. The molecule has 1 aromatic heterocycles. The number of amides is 2. The number of hydrogen-bond donors (Lipinski definition) is 2. The quantitative estimate of drug-likeness (QED) is 0.718. The lowest BCUT2D eigenvalue weighted by Crippen LogP contribution is -2.31. The second kappa shape index (κ2) is 8.71. The van der Waals surface area contributed by atoms with E-state index in [0.717, 1.165) is 0 Å². The standard InChI is InChI=1S/C19H20ClN5O3/c1-3-16(26)22-13-6-4-12(5-7-13)18(27)25-9-8-14(11-25)23-19-21-10-15(20)17(24-19)28-2/h3-7,10,14H,1,8-9,11H2,2H3,(H,22,26)(H,21,23,24)/i2D3. The first kappa shape index (κ1) is 15.9. The maximum atomic E-state index is 12.8. The molecule has 2 heterocycles. The van der Waals surface area contributed by atoms with Crippen LogP contribution in [0.3, 0.4) is 0 Å². The number of carbonyl (C=O) groups is 2. The molecule has 8 nitrogen and oxygen atoms in total. The zero-order valence-corrected chi connectivity index (χ0v) is 15.6. The summed E-state index contributed by atoms with van der Waals surface area (Å²) in [6.45, 7) is 4.33. The Morgan fingerprint density at radius 3 is 2.93 bits per heavy atom. The second-order valence-corrected chi connectivity index (χ2v) is 6.51. The van der Waals surface area contributed by atoms with E-state index in [4.69, 9.17) is 20.5 Å². The molecule has 28 heavy (non-hydrogen) atoms. The van der Waals surface area contributed by atoms with Gasteiger partial charge in [0.25, 0.3) is 5.91 Å². The number of aromatic nitrogens is 2. The maximum absolute atomic E-state index is 12.8. The molecule has 3 rings (SSSR count). The van der Waals surface area contributed by atoms with Gasteiger partial charge in [0.2, 0.25) is 17.7 Å². The fraction of sp³-hybridized carbons (Fsp3) is 0.263. The minimum absolute atomic E-state index is 0.0161. The number of likely N-dealkylation sites (tertiary alicyclic amines) is 1. The van der Waals surface area contributed by atoms with Crippen molar-refractivity contribution in [1.29, 1.82) is 0 Å². The molecule has 1 aliphatic rings. The normalized spacial score (nSPS) is 17.8. The van der Waals surface area contributed by atoms with E-state index in [1.807, 2.05) is 0 Å². The predicted molar refractivity (Wildman–Crippen MR) is 107 cm³/mol. The van der Waals surface area contributed by atoms with Crippen LogP contribution in [-0.4, -0.2) is 52.9 Å². The summed E-state index contributed by atoms with van der Waals surface area (Å²) in [4.78, 5) is 33.8. The van der Waals surface area contributed by atoms with Crippen LogP contribution in [0.4, 0.5) is 11.6 Å². The molecule has 2 aromatic rings. The van der Waals surface area contributed by atoms with Crippen LogP contribution < -0.4 is 15.4 Å². The summed E-state index contributed by atoms with van der Waals surface area (Å²) in [6, 6.07) is 6.45. The summed E-state index contributed by atoms with van der Waals surface area (Å²) in [5.41, 5.74) is 1.06. The average molecular weight is 405 g/mol. The Balaban J connectivity index is 1.60. The van der Waals surface area contributed by atoms with Crippen LogP contribution in [0, 0.1) is 0 Å². The summed E-state index contributed by atoms with van der Waals surface area (Å²) < 4.78 is 26.3. The van der Waals surface area contributed by atoms with Crippen LogP contribution in [0.2, 0.25) is 5.02 Å². The van der Waals surface area contributed by atoms with Crippen LogP contribution >= 0.6 is 11.6 Å². The van der Waals surface area contributed by atoms with Gasteiger partial charge in [0.05, 0.1) is 17.3 Å². The molecule has 146 valence electrons. The molecule has 1 fully saturated rings. The van der Waals surface area contributed by atoms with E-state index in [1.54, 1.807) is 29.2 Å². The third kappa shape index (κ3) is 4.58. The zero-order valence-electron chi connectivity index (χ0n) is 17.8. The number of ether oxygens (including phenoxy) is 1. The SMILES string of the molecule is [2H]C([2H])([2H])Oc1nc(NC2CCN(C(=O)c3ccc(NC(=O)C=C)cc3)C2)ncc1Cl. The Morgan fingerprint density at radius 1 is 1.43 bits per heavy atom. The first-order valence-electron chi connectivity index (χ1n) is 9.95. The van der Waals surface area contributed by atoms with Crippen molar-refractivity contribution in [2.75, 3.05) is 30.8 Å². The van der Waals surface area contributed by atoms with Crippen molar-refractivity contribution >= 4 is 35.1 Å². The monoisotopic (exact) mass is 404 g/mol. The Kier molecular flexibility index (Phi) is 4.94. The number of methoxy groups -OCH3 is 1.